The van der Waals surface area contributed by atoms with Crippen LogP contribution in [0.15, 0.2) is 0 Å². The van der Waals surface area contributed by atoms with E-state index in [0.717, 1.165) is 6.54 Å². The van der Waals surface area contributed by atoms with E-state index in [4.69, 9.17) is 4.74 Å². The van der Waals surface area contributed by atoms with Crippen LogP contribution < -0.4 is 5.32 Å². The van der Waals surface area contributed by atoms with Crippen molar-refractivity contribution in [2.75, 3.05) is 26.8 Å². The molecular weight excluding hydrogens is 166 g/mol. The van der Waals surface area contributed by atoms with Crippen LogP contribution in [0.5, 0.6) is 0 Å². The monoisotopic (exact) mass is 187 g/mol. The second kappa shape index (κ2) is 4.94. The number of hydrogen-bond donors (Lipinski definition) is 2. The molecule has 0 aliphatic heterocycles. The molecule has 0 bridgehead atoms. The zero-order chi connectivity index (χ0) is 9.73. The fourth-order valence-corrected chi connectivity index (χ4v) is 1.75. The highest BCUT2D eigenvalue weighted by atomic mass is 16.5. The Balaban J connectivity index is 1.99. The molecule has 1 aliphatic rings. The average molecular weight is 187 g/mol. The molecule has 3 heteroatoms. The van der Waals surface area contributed by atoms with Crippen LogP contribution in [0.3, 0.4) is 0 Å². The Morgan fingerprint density at radius 3 is 2.69 bits per heavy atom. The third kappa shape index (κ3) is 3.63. The lowest BCUT2D eigenvalue weighted by Gasteiger charge is -2.38. The van der Waals surface area contributed by atoms with Crippen molar-refractivity contribution in [1.29, 1.82) is 0 Å². The molecule has 1 saturated carbocycles. The van der Waals surface area contributed by atoms with Gasteiger partial charge in [-0.2, -0.15) is 0 Å². The fraction of sp³-hybridized carbons (Fsp3) is 1.00. The summed E-state index contributed by atoms with van der Waals surface area (Å²) in [7, 11) is 1.61. The van der Waals surface area contributed by atoms with Gasteiger partial charge < -0.3 is 15.2 Å². The summed E-state index contributed by atoms with van der Waals surface area (Å²) in [6, 6.07) is 0. The van der Waals surface area contributed by atoms with Gasteiger partial charge in [0, 0.05) is 20.2 Å². The Morgan fingerprint density at radius 1 is 1.54 bits per heavy atom. The molecule has 13 heavy (non-hydrogen) atoms. The summed E-state index contributed by atoms with van der Waals surface area (Å²) in [4.78, 5) is 0. The van der Waals surface area contributed by atoms with E-state index in [-0.39, 0.29) is 6.10 Å². The van der Waals surface area contributed by atoms with E-state index < -0.39 is 0 Å². The van der Waals surface area contributed by atoms with Crippen molar-refractivity contribution in [2.24, 2.45) is 5.41 Å². The van der Waals surface area contributed by atoms with Crippen molar-refractivity contribution < 1.29 is 9.84 Å². The Hall–Kier alpha value is -0.120. The lowest BCUT2D eigenvalue weighted by molar-refractivity contribution is 0.0594. The molecule has 1 atom stereocenters. The largest absolute Gasteiger partial charge is 0.389 e. The molecule has 1 fully saturated rings. The van der Waals surface area contributed by atoms with Crippen molar-refractivity contribution in [3.63, 3.8) is 0 Å². The number of rotatable bonds is 6. The van der Waals surface area contributed by atoms with E-state index in [1.165, 1.54) is 19.3 Å². The first-order valence-electron chi connectivity index (χ1n) is 5.04. The quantitative estimate of drug-likeness (QED) is 0.645. The molecule has 0 spiro atoms. The van der Waals surface area contributed by atoms with Crippen molar-refractivity contribution in [3.8, 4) is 0 Å². The van der Waals surface area contributed by atoms with Gasteiger partial charge in [-0.05, 0) is 18.3 Å². The van der Waals surface area contributed by atoms with Crippen LogP contribution in [-0.4, -0.2) is 38.0 Å². The number of methoxy groups -OCH3 is 1. The molecule has 1 unspecified atom stereocenters. The van der Waals surface area contributed by atoms with Gasteiger partial charge in [-0.25, -0.2) is 0 Å². The molecule has 1 aliphatic carbocycles. The smallest absolute Gasteiger partial charge is 0.0897 e. The summed E-state index contributed by atoms with van der Waals surface area (Å²) in [6.07, 6.45) is 3.63. The predicted octanol–water partition coefficient (Wildman–Crippen LogP) is 0.773. The highest BCUT2D eigenvalue weighted by molar-refractivity contribution is 4.85. The van der Waals surface area contributed by atoms with Gasteiger partial charge in [0.1, 0.15) is 0 Å². The number of aliphatic hydroxyl groups is 1. The number of hydrogen-bond acceptors (Lipinski definition) is 3. The van der Waals surface area contributed by atoms with E-state index >= 15 is 0 Å². The number of aliphatic hydroxyl groups excluding tert-OH is 1. The van der Waals surface area contributed by atoms with Crippen LogP contribution in [0.2, 0.25) is 0 Å². The minimum atomic E-state index is -0.367. The first-order chi connectivity index (χ1) is 6.16. The molecule has 0 aromatic heterocycles. The van der Waals surface area contributed by atoms with Crippen molar-refractivity contribution in [1.82, 2.24) is 5.32 Å². The van der Waals surface area contributed by atoms with Gasteiger partial charge in [0.25, 0.3) is 0 Å². The molecule has 0 aromatic carbocycles. The lowest BCUT2D eigenvalue weighted by atomic mass is 9.70. The summed E-state index contributed by atoms with van der Waals surface area (Å²) in [6.45, 7) is 4.38. The van der Waals surface area contributed by atoms with Crippen molar-refractivity contribution >= 4 is 0 Å². The minimum absolute atomic E-state index is 0.367. The van der Waals surface area contributed by atoms with E-state index in [1.807, 2.05) is 0 Å². The van der Waals surface area contributed by atoms with E-state index in [9.17, 15) is 5.11 Å². The second-order valence-electron chi connectivity index (χ2n) is 4.40. The molecule has 2 N–H and O–H groups in total. The highest BCUT2D eigenvalue weighted by Gasteiger charge is 2.30. The summed E-state index contributed by atoms with van der Waals surface area (Å²) in [5.74, 6) is 0. The molecular formula is C10H21NO2. The van der Waals surface area contributed by atoms with Gasteiger partial charge in [0.15, 0.2) is 0 Å². The lowest BCUT2D eigenvalue weighted by Crippen LogP contribution is -2.40. The predicted molar refractivity (Wildman–Crippen MR) is 52.7 cm³/mol. The van der Waals surface area contributed by atoms with Gasteiger partial charge in [-0.3, -0.25) is 0 Å². The van der Waals surface area contributed by atoms with Crippen molar-refractivity contribution in [2.45, 2.75) is 32.3 Å². The maximum Gasteiger partial charge on any atom is 0.0897 e. The molecule has 78 valence electrons. The maximum absolute atomic E-state index is 9.35. The number of nitrogens with one attached hydrogen (secondary N) is 1. The maximum atomic E-state index is 9.35. The van der Waals surface area contributed by atoms with E-state index in [2.05, 4.69) is 12.2 Å². The van der Waals surface area contributed by atoms with Crippen LogP contribution in [0.25, 0.3) is 0 Å². The van der Waals surface area contributed by atoms with Crippen molar-refractivity contribution in [3.05, 3.63) is 0 Å². The standard InChI is InChI=1S/C10H21NO2/c1-10(4-3-5-10)8-11-6-9(12)7-13-2/h9,11-12H,3-8H2,1-2H3. The second-order valence-corrected chi connectivity index (χ2v) is 4.40. The summed E-state index contributed by atoms with van der Waals surface area (Å²) >= 11 is 0. The summed E-state index contributed by atoms with van der Waals surface area (Å²) in [5, 5.41) is 12.6. The Morgan fingerprint density at radius 2 is 2.23 bits per heavy atom. The van der Waals surface area contributed by atoms with Gasteiger partial charge in [-0.15, -0.1) is 0 Å². The summed E-state index contributed by atoms with van der Waals surface area (Å²) < 4.78 is 4.84. The molecule has 0 saturated heterocycles. The summed E-state index contributed by atoms with van der Waals surface area (Å²) in [5.41, 5.74) is 0.493. The minimum Gasteiger partial charge on any atom is -0.389 e. The van der Waals surface area contributed by atoms with E-state index in [0.29, 0.717) is 18.6 Å². The first-order valence-corrected chi connectivity index (χ1v) is 5.04. The SMILES string of the molecule is COCC(O)CNCC1(C)CCC1. The van der Waals surface area contributed by atoms with Crippen LogP contribution in [-0.2, 0) is 4.74 Å². The van der Waals surface area contributed by atoms with E-state index in [1.54, 1.807) is 7.11 Å². The van der Waals surface area contributed by atoms with Crippen LogP contribution in [0.4, 0.5) is 0 Å². The highest BCUT2D eigenvalue weighted by Crippen LogP contribution is 2.39. The molecule has 0 amide bonds. The first kappa shape index (κ1) is 11.0. The van der Waals surface area contributed by atoms with Crippen LogP contribution >= 0.6 is 0 Å². The Bertz CT molecular complexity index is 146. The molecule has 0 radical (unpaired) electrons. The molecule has 3 nitrogen and oxygen atoms in total. The zero-order valence-electron chi connectivity index (χ0n) is 8.68. The zero-order valence-corrected chi connectivity index (χ0v) is 8.68. The Labute approximate surface area is 80.5 Å². The van der Waals surface area contributed by atoms with Gasteiger partial charge in [-0.1, -0.05) is 13.3 Å². The average Bonchev–Trinajstić information content (AvgIpc) is 2.02. The number of ether oxygens (including phenoxy) is 1. The molecule has 0 heterocycles. The topological polar surface area (TPSA) is 41.5 Å². The fourth-order valence-electron chi connectivity index (χ4n) is 1.75. The third-order valence-corrected chi connectivity index (χ3v) is 2.85. The van der Waals surface area contributed by atoms with Gasteiger partial charge in [0.05, 0.1) is 12.7 Å². The Kier molecular flexibility index (Phi) is 4.16. The van der Waals surface area contributed by atoms with Gasteiger partial charge in [0.2, 0.25) is 0 Å². The normalized spacial score (nSPS) is 22.4. The van der Waals surface area contributed by atoms with Crippen LogP contribution in [0, 0.1) is 5.41 Å². The van der Waals surface area contributed by atoms with Gasteiger partial charge >= 0.3 is 0 Å². The van der Waals surface area contributed by atoms with Crippen LogP contribution in [0.1, 0.15) is 26.2 Å². The third-order valence-electron chi connectivity index (χ3n) is 2.85. The molecule has 0 aromatic rings. The molecule has 1 rings (SSSR count).